The lowest BCUT2D eigenvalue weighted by molar-refractivity contribution is 0.397. The van der Waals surface area contributed by atoms with E-state index in [2.05, 4.69) is 9.88 Å². The van der Waals surface area contributed by atoms with Gasteiger partial charge >= 0.3 is 0 Å². The summed E-state index contributed by atoms with van der Waals surface area (Å²) in [6.45, 7) is 7.80. The van der Waals surface area contributed by atoms with Crippen LogP contribution < -0.4 is 10.5 Å². The molecule has 5 heteroatoms. The molecule has 0 saturated carbocycles. The van der Waals surface area contributed by atoms with Crippen LogP contribution in [0.3, 0.4) is 0 Å². The summed E-state index contributed by atoms with van der Waals surface area (Å²) in [4.78, 5) is 18.7. The normalized spacial score (nSPS) is 18.9. The lowest BCUT2D eigenvalue weighted by Gasteiger charge is -2.33. The zero-order valence-electron chi connectivity index (χ0n) is 11.8. The predicted octanol–water partition coefficient (Wildman–Crippen LogP) is 2.67. The smallest absolute Gasteiger partial charge is 0.293 e. The van der Waals surface area contributed by atoms with Gasteiger partial charge in [0.2, 0.25) is 0 Å². The molecule has 0 bridgehead atoms. The molecule has 1 saturated heterocycles. The fraction of sp³-hybridized carbons (Fsp3) is 0.714. The van der Waals surface area contributed by atoms with Crippen LogP contribution in [-0.2, 0) is 0 Å². The van der Waals surface area contributed by atoms with Crippen LogP contribution >= 0.6 is 11.6 Å². The molecule has 1 aliphatic rings. The average Bonchev–Trinajstić information content (AvgIpc) is 2.38. The highest BCUT2D eigenvalue weighted by Crippen LogP contribution is 2.25. The molecule has 1 aromatic heterocycles. The molecule has 2 heterocycles. The lowest BCUT2D eigenvalue weighted by atomic mass is 9.94. The molecule has 1 aliphatic heterocycles. The van der Waals surface area contributed by atoms with Gasteiger partial charge in [-0.3, -0.25) is 4.79 Å². The van der Waals surface area contributed by atoms with Crippen molar-refractivity contribution < 1.29 is 0 Å². The van der Waals surface area contributed by atoms with Crippen molar-refractivity contribution in [3.63, 3.8) is 0 Å². The zero-order valence-corrected chi connectivity index (χ0v) is 12.6. The summed E-state index contributed by atoms with van der Waals surface area (Å²) >= 11 is 6.15. The molecule has 0 radical (unpaired) electrons. The first-order valence-electron chi connectivity index (χ1n) is 6.97. The minimum absolute atomic E-state index is 0.00914. The summed E-state index contributed by atoms with van der Waals surface area (Å²) in [6.07, 6.45) is 5.53. The van der Waals surface area contributed by atoms with E-state index in [-0.39, 0.29) is 17.0 Å². The van der Waals surface area contributed by atoms with E-state index in [1.807, 2.05) is 20.8 Å². The Hall–Kier alpha value is -1.03. The van der Waals surface area contributed by atoms with Crippen LogP contribution in [0.1, 0.15) is 39.7 Å². The van der Waals surface area contributed by atoms with Gasteiger partial charge in [0.1, 0.15) is 0 Å². The molecule has 0 aromatic carbocycles. The molecule has 1 fully saturated rings. The first-order chi connectivity index (χ1) is 9.00. The Morgan fingerprint density at radius 3 is 2.47 bits per heavy atom. The highest BCUT2D eigenvalue weighted by Gasteiger charge is 2.25. The fourth-order valence-corrected chi connectivity index (χ4v) is 2.86. The van der Waals surface area contributed by atoms with Crippen molar-refractivity contribution in [3.8, 4) is 0 Å². The number of piperidine rings is 1. The first-order valence-corrected chi connectivity index (χ1v) is 7.40. The van der Waals surface area contributed by atoms with Gasteiger partial charge in [-0.2, -0.15) is 0 Å². The maximum atomic E-state index is 12.4. The van der Waals surface area contributed by atoms with Crippen LogP contribution in [0, 0.1) is 5.92 Å². The second-order valence-electron chi connectivity index (χ2n) is 5.56. The van der Waals surface area contributed by atoms with Gasteiger partial charge in [-0.1, -0.05) is 0 Å². The van der Waals surface area contributed by atoms with Crippen LogP contribution in [0.2, 0.25) is 0 Å². The van der Waals surface area contributed by atoms with E-state index in [0.717, 1.165) is 25.9 Å². The summed E-state index contributed by atoms with van der Waals surface area (Å²) in [7, 11) is 0. The van der Waals surface area contributed by atoms with E-state index in [1.54, 1.807) is 17.0 Å². The summed E-state index contributed by atoms with van der Waals surface area (Å²) in [5, 5.41) is 0.207. The number of anilines is 1. The van der Waals surface area contributed by atoms with Crippen LogP contribution in [0.4, 0.5) is 5.82 Å². The fourth-order valence-electron chi connectivity index (χ4n) is 2.61. The van der Waals surface area contributed by atoms with Gasteiger partial charge in [0.25, 0.3) is 5.56 Å². The van der Waals surface area contributed by atoms with Crippen molar-refractivity contribution in [3.05, 3.63) is 22.7 Å². The number of nitrogens with zero attached hydrogens (tertiary/aromatic N) is 3. The molecule has 2 rings (SSSR count). The molecule has 0 N–H and O–H groups in total. The topological polar surface area (TPSA) is 38.1 Å². The van der Waals surface area contributed by atoms with Gasteiger partial charge in [0.05, 0.1) is 0 Å². The molecule has 1 atom stereocenters. The van der Waals surface area contributed by atoms with E-state index in [1.165, 1.54) is 0 Å². The Morgan fingerprint density at radius 2 is 1.95 bits per heavy atom. The zero-order chi connectivity index (χ0) is 14.0. The van der Waals surface area contributed by atoms with Crippen molar-refractivity contribution in [2.75, 3.05) is 18.0 Å². The Kier molecular flexibility index (Phi) is 4.50. The van der Waals surface area contributed by atoms with Gasteiger partial charge in [-0.05, 0) is 39.5 Å². The maximum absolute atomic E-state index is 12.4. The molecule has 0 amide bonds. The highest BCUT2D eigenvalue weighted by molar-refractivity contribution is 6.20. The van der Waals surface area contributed by atoms with Crippen LogP contribution in [-0.4, -0.2) is 28.0 Å². The number of alkyl halides is 1. The summed E-state index contributed by atoms with van der Waals surface area (Å²) < 4.78 is 1.73. The lowest BCUT2D eigenvalue weighted by Crippen LogP contribution is -2.40. The quantitative estimate of drug-likeness (QED) is 0.801. The Bertz CT molecular complexity index is 476. The standard InChI is InChI=1S/C14H22ClN3O/c1-10(2)18-9-6-16-13(14(18)19)17-7-4-12(5-8-17)11(3)15/h6,9-12H,4-5,7-8H2,1-3H3. The Labute approximate surface area is 119 Å². The first kappa shape index (κ1) is 14.4. The van der Waals surface area contributed by atoms with Crippen molar-refractivity contribution in [2.24, 2.45) is 5.92 Å². The van der Waals surface area contributed by atoms with Gasteiger partial charge in [-0.15, -0.1) is 11.6 Å². The highest BCUT2D eigenvalue weighted by atomic mass is 35.5. The molecule has 106 valence electrons. The number of aromatic nitrogens is 2. The molecular formula is C14H22ClN3O. The molecule has 19 heavy (non-hydrogen) atoms. The third-order valence-corrected chi connectivity index (χ3v) is 4.25. The van der Waals surface area contributed by atoms with Crippen molar-refractivity contribution in [1.82, 2.24) is 9.55 Å². The molecular weight excluding hydrogens is 262 g/mol. The number of hydrogen-bond acceptors (Lipinski definition) is 3. The Morgan fingerprint density at radius 1 is 1.32 bits per heavy atom. The van der Waals surface area contributed by atoms with E-state index in [4.69, 9.17) is 11.6 Å². The van der Waals surface area contributed by atoms with Crippen LogP contribution in [0.25, 0.3) is 0 Å². The molecule has 0 aliphatic carbocycles. The molecule has 1 unspecified atom stereocenters. The average molecular weight is 284 g/mol. The van der Waals surface area contributed by atoms with Crippen molar-refractivity contribution >= 4 is 17.4 Å². The molecule has 1 aromatic rings. The number of rotatable bonds is 3. The van der Waals surface area contributed by atoms with E-state index in [0.29, 0.717) is 11.7 Å². The van der Waals surface area contributed by atoms with Crippen molar-refractivity contribution in [1.29, 1.82) is 0 Å². The molecule has 0 spiro atoms. The van der Waals surface area contributed by atoms with E-state index in [9.17, 15) is 4.79 Å². The summed E-state index contributed by atoms with van der Waals surface area (Å²) in [5.41, 5.74) is 0.00914. The van der Waals surface area contributed by atoms with Gasteiger partial charge < -0.3 is 9.47 Å². The predicted molar refractivity (Wildman–Crippen MR) is 79.1 cm³/mol. The second-order valence-corrected chi connectivity index (χ2v) is 6.25. The van der Waals surface area contributed by atoms with E-state index >= 15 is 0 Å². The second kappa shape index (κ2) is 5.95. The minimum atomic E-state index is 0.00914. The Balaban J connectivity index is 2.16. The van der Waals surface area contributed by atoms with Crippen LogP contribution in [0.5, 0.6) is 0 Å². The van der Waals surface area contributed by atoms with E-state index < -0.39 is 0 Å². The third-order valence-electron chi connectivity index (χ3n) is 3.89. The largest absolute Gasteiger partial charge is 0.352 e. The summed E-state index contributed by atoms with van der Waals surface area (Å²) in [5.74, 6) is 1.13. The number of halogens is 1. The van der Waals surface area contributed by atoms with Crippen molar-refractivity contribution in [2.45, 2.75) is 45.0 Å². The summed E-state index contributed by atoms with van der Waals surface area (Å²) in [6, 6.07) is 0.162. The SMILES string of the molecule is CC(Cl)C1CCN(c2nccn(C(C)C)c2=O)CC1. The molecule has 4 nitrogen and oxygen atoms in total. The minimum Gasteiger partial charge on any atom is -0.352 e. The van der Waals surface area contributed by atoms with Gasteiger partial charge in [-0.25, -0.2) is 4.98 Å². The van der Waals surface area contributed by atoms with Gasteiger partial charge in [0.15, 0.2) is 5.82 Å². The maximum Gasteiger partial charge on any atom is 0.293 e. The third kappa shape index (κ3) is 3.11. The van der Waals surface area contributed by atoms with Gasteiger partial charge in [0, 0.05) is 36.9 Å². The number of hydrogen-bond donors (Lipinski definition) is 0. The monoisotopic (exact) mass is 283 g/mol. The van der Waals surface area contributed by atoms with Crippen LogP contribution in [0.15, 0.2) is 17.2 Å².